The van der Waals surface area contributed by atoms with Gasteiger partial charge in [-0.25, -0.2) is 0 Å². The number of nitrogens with two attached hydrogens (primary N) is 1. The second kappa shape index (κ2) is 9.76. The van der Waals surface area contributed by atoms with E-state index in [1.807, 2.05) is 7.05 Å². The first-order valence-corrected chi connectivity index (χ1v) is 13.4. The van der Waals surface area contributed by atoms with E-state index < -0.39 is 64.4 Å². The summed E-state index contributed by atoms with van der Waals surface area (Å²) in [6.45, 7) is 7.47. The van der Waals surface area contributed by atoms with Gasteiger partial charge in [-0.3, -0.25) is 28.9 Å². The zero-order valence-corrected chi connectivity index (χ0v) is 23.8. The van der Waals surface area contributed by atoms with Gasteiger partial charge in [-0.2, -0.15) is 0 Å². The SMILES string of the molecule is CN(Cc1cc(O)c2c(c1Cl)C[C@H]1C[C@H]3[C@H](N(C)C)C(=O)C(C(N)=O)C(=O)[C@@]3(O)C(=O)C1C2=O)CC(C)(C)C. The standard InChI is InChI=1S/C28H36ClN3O7/c1-27(2,3)11-32(6)10-13-9-16(33)18-14(20(13)29)7-12-8-15-21(31(4)5)23(35)19(26(30)38)25(37)28(15,39)24(36)17(12)22(18)34/h9,12,15,17,19,21,33,39H,7-8,10-11H2,1-6H3,(H2,30,38)/t12-,15-,17?,19?,21-,28-/m0/s1. The van der Waals surface area contributed by atoms with Gasteiger partial charge in [-0.05, 0) is 62.5 Å². The van der Waals surface area contributed by atoms with E-state index in [0.29, 0.717) is 22.7 Å². The Morgan fingerprint density at radius 1 is 1.15 bits per heavy atom. The monoisotopic (exact) mass is 561 g/mol. The van der Waals surface area contributed by atoms with Gasteiger partial charge in [0.2, 0.25) is 5.91 Å². The van der Waals surface area contributed by atoms with Gasteiger partial charge in [-0.15, -0.1) is 0 Å². The number of halogens is 1. The largest absolute Gasteiger partial charge is 0.507 e. The average molecular weight is 562 g/mol. The van der Waals surface area contributed by atoms with E-state index in [9.17, 15) is 34.2 Å². The van der Waals surface area contributed by atoms with E-state index >= 15 is 0 Å². The van der Waals surface area contributed by atoms with E-state index in [1.54, 1.807) is 14.1 Å². The minimum atomic E-state index is -2.74. The third-order valence-electron chi connectivity index (χ3n) is 8.25. The van der Waals surface area contributed by atoms with Crippen LogP contribution in [0.5, 0.6) is 5.75 Å². The molecule has 0 spiro atoms. The van der Waals surface area contributed by atoms with Crippen LogP contribution in [0.3, 0.4) is 0 Å². The number of hydrogen-bond acceptors (Lipinski definition) is 9. The number of carbonyl (C=O) groups is 5. The summed E-state index contributed by atoms with van der Waals surface area (Å²) in [5, 5.41) is 22.8. The van der Waals surface area contributed by atoms with E-state index in [-0.39, 0.29) is 29.6 Å². The molecule has 2 unspecified atom stereocenters. The quantitative estimate of drug-likeness (QED) is 0.446. The highest BCUT2D eigenvalue weighted by molar-refractivity contribution is 6.34. The summed E-state index contributed by atoms with van der Waals surface area (Å²) in [7, 11) is 5.02. The van der Waals surface area contributed by atoms with Crippen molar-refractivity contribution in [1.29, 1.82) is 0 Å². The molecule has 0 saturated heterocycles. The number of fused-ring (bicyclic) bond motifs is 3. The molecule has 2 fully saturated rings. The van der Waals surface area contributed by atoms with Gasteiger partial charge in [-0.1, -0.05) is 32.4 Å². The molecule has 1 aromatic carbocycles. The molecule has 212 valence electrons. The normalized spacial score (nSPS) is 30.9. The second-order valence-electron chi connectivity index (χ2n) is 12.7. The summed E-state index contributed by atoms with van der Waals surface area (Å²) in [6, 6.07) is 0.270. The highest BCUT2D eigenvalue weighted by atomic mass is 35.5. The number of benzene rings is 1. The van der Waals surface area contributed by atoms with E-state index in [0.717, 1.165) is 6.54 Å². The number of nitrogens with zero attached hydrogens (tertiary/aromatic N) is 2. The molecular weight excluding hydrogens is 526 g/mol. The fourth-order valence-corrected chi connectivity index (χ4v) is 7.27. The molecule has 2 saturated carbocycles. The van der Waals surface area contributed by atoms with Crippen LogP contribution >= 0.6 is 11.6 Å². The lowest BCUT2D eigenvalue weighted by Gasteiger charge is -2.52. The first-order valence-electron chi connectivity index (χ1n) is 13.0. The van der Waals surface area contributed by atoms with Gasteiger partial charge in [0.15, 0.2) is 34.7 Å². The summed E-state index contributed by atoms with van der Waals surface area (Å²) in [5.74, 6) is -10.8. The summed E-state index contributed by atoms with van der Waals surface area (Å²) in [5.41, 5.74) is 3.55. The zero-order valence-electron chi connectivity index (χ0n) is 23.1. The molecule has 0 radical (unpaired) electrons. The lowest BCUT2D eigenvalue weighted by Crippen LogP contribution is -2.74. The van der Waals surface area contributed by atoms with E-state index in [2.05, 4.69) is 25.7 Å². The predicted octanol–water partition coefficient (Wildman–Crippen LogP) is 0.998. The minimum absolute atomic E-state index is 0.0187. The number of primary amides is 1. The molecule has 1 aromatic rings. The number of phenolic OH excluding ortho intramolecular Hbond substituents is 1. The molecule has 3 aliphatic rings. The van der Waals surface area contributed by atoms with Crippen molar-refractivity contribution in [3.8, 4) is 5.75 Å². The van der Waals surface area contributed by atoms with Crippen molar-refractivity contribution in [2.24, 2.45) is 34.8 Å². The molecule has 3 aliphatic carbocycles. The number of phenols is 1. The molecule has 0 aliphatic heterocycles. The van der Waals surface area contributed by atoms with Crippen LogP contribution in [-0.2, 0) is 32.1 Å². The number of hydrogen-bond donors (Lipinski definition) is 3. The van der Waals surface area contributed by atoms with Gasteiger partial charge < -0.3 is 20.8 Å². The third kappa shape index (κ3) is 4.61. The molecule has 6 atom stereocenters. The Bertz CT molecular complexity index is 1290. The Kier molecular flexibility index (Phi) is 7.34. The van der Waals surface area contributed by atoms with Crippen molar-refractivity contribution in [3.05, 3.63) is 27.8 Å². The van der Waals surface area contributed by atoms with Crippen molar-refractivity contribution in [1.82, 2.24) is 9.80 Å². The van der Waals surface area contributed by atoms with Crippen LogP contribution in [0, 0.1) is 29.1 Å². The smallest absolute Gasteiger partial charge is 0.235 e. The number of aromatic hydroxyl groups is 1. The Morgan fingerprint density at radius 3 is 2.31 bits per heavy atom. The average Bonchev–Trinajstić information content (AvgIpc) is 2.77. The van der Waals surface area contributed by atoms with Crippen LogP contribution in [-0.4, -0.2) is 88.4 Å². The van der Waals surface area contributed by atoms with Crippen molar-refractivity contribution >= 4 is 40.6 Å². The maximum atomic E-state index is 13.8. The second-order valence-corrected chi connectivity index (χ2v) is 13.1. The molecule has 1 amide bonds. The fourth-order valence-electron chi connectivity index (χ4n) is 6.98. The number of ketones is 4. The number of Topliss-reactive ketones (excluding diaryl/α,β-unsaturated/α-hetero) is 4. The van der Waals surface area contributed by atoms with Crippen molar-refractivity contribution in [2.75, 3.05) is 27.7 Å². The van der Waals surface area contributed by atoms with Crippen LogP contribution in [0.2, 0.25) is 5.02 Å². The highest BCUT2D eigenvalue weighted by Gasteiger charge is 2.69. The van der Waals surface area contributed by atoms with Crippen LogP contribution < -0.4 is 5.73 Å². The van der Waals surface area contributed by atoms with Gasteiger partial charge in [0.25, 0.3) is 0 Å². The first-order chi connectivity index (χ1) is 17.9. The first kappa shape index (κ1) is 29.3. The molecule has 4 rings (SSSR count). The van der Waals surface area contributed by atoms with Gasteiger partial charge >= 0.3 is 0 Å². The number of carbonyl (C=O) groups excluding carboxylic acids is 5. The topological polar surface area (TPSA) is 158 Å². The maximum absolute atomic E-state index is 13.8. The van der Waals surface area contributed by atoms with Crippen LogP contribution in [0.1, 0.15) is 48.7 Å². The zero-order chi connectivity index (χ0) is 29.4. The lowest BCUT2D eigenvalue weighted by atomic mass is 9.52. The predicted molar refractivity (Wildman–Crippen MR) is 142 cm³/mol. The number of rotatable bonds is 5. The number of amides is 1. The van der Waals surface area contributed by atoms with E-state index in [1.165, 1.54) is 11.0 Å². The van der Waals surface area contributed by atoms with Gasteiger partial charge in [0, 0.05) is 24.0 Å². The molecule has 0 bridgehead atoms. The van der Waals surface area contributed by atoms with E-state index in [4.69, 9.17) is 17.3 Å². The molecule has 10 nitrogen and oxygen atoms in total. The lowest BCUT2D eigenvalue weighted by molar-refractivity contribution is -0.181. The summed E-state index contributed by atoms with van der Waals surface area (Å²) < 4.78 is 0. The van der Waals surface area contributed by atoms with Crippen molar-refractivity contribution in [2.45, 2.75) is 51.8 Å². The molecule has 0 aromatic heterocycles. The molecule has 39 heavy (non-hydrogen) atoms. The Balaban J connectivity index is 1.78. The molecular formula is C28H36ClN3O7. The fraction of sp³-hybridized carbons (Fsp3) is 0.607. The summed E-state index contributed by atoms with van der Waals surface area (Å²) in [4.78, 5) is 69.6. The number of aliphatic hydroxyl groups is 1. The summed E-state index contributed by atoms with van der Waals surface area (Å²) >= 11 is 6.80. The van der Waals surface area contributed by atoms with Gasteiger partial charge in [0.05, 0.1) is 17.5 Å². The van der Waals surface area contributed by atoms with Crippen LogP contribution in [0.4, 0.5) is 0 Å². The van der Waals surface area contributed by atoms with Crippen LogP contribution in [0.25, 0.3) is 0 Å². The van der Waals surface area contributed by atoms with Gasteiger partial charge in [0.1, 0.15) is 5.75 Å². The highest BCUT2D eigenvalue weighted by Crippen LogP contribution is 2.51. The molecule has 4 N–H and O–H groups in total. The third-order valence-corrected chi connectivity index (χ3v) is 8.72. The minimum Gasteiger partial charge on any atom is -0.507 e. The Morgan fingerprint density at radius 2 is 1.77 bits per heavy atom. The molecule has 11 heteroatoms. The molecule has 0 heterocycles. The van der Waals surface area contributed by atoms with Crippen molar-refractivity contribution in [3.63, 3.8) is 0 Å². The van der Waals surface area contributed by atoms with Crippen LogP contribution in [0.15, 0.2) is 6.07 Å². The van der Waals surface area contributed by atoms with Crippen molar-refractivity contribution < 1.29 is 34.2 Å². The summed E-state index contributed by atoms with van der Waals surface area (Å²) in [6.07, 6.45) is 0.115. The number of likely N-dealkylation sites (N-methyl/N-ethyl adjacent to an activating group) is 1. The maximum Gasteiger partial charge on any atom is 0.235 e. The Hall–Kier alpha value is -2.66. The Labute approximate surface area is 232 Å².